The number of nitrogens with one attached hydrogen (secondary N) is 1. The van der Waals surface area contributed by atoms with Gasteiger partial charge in [-0.2, -0.15) is 5.10 Å². The highest BCUT2D eigenvalue weighted by Crippen LogP contribution is 1.96. The zero-order valence-electron chi connectivity index (χ0n) is 8.20. The van der Waals surface area contributed by atoms with Gasteiger partial charge in [-0.25, -0.2) is 0 Å². The van der Waals surface area contributed by atoms with Crippen molar-refractivity contribution < 1.29 is 5.11 Å². The third kappa shape index (κ3) is 3.57. The first-order chi connectivity index (χ1) is 6.22. The molecule has 0 saturated carbocycles. The Labute approximate surface area is 78.6 Å². The van der Waals surface area contributed by atoms with Crippen LogP contribution in [-0.2, 0) is 13.1 Å². The van der Waals surface area contributed by atoms with Crippen LogP contribution >= 0.6 is 0 Å². The first-order valence-corrected chi connectivity index (χ1v) is 4.62. The summed E-state index contributed by atoms with van der Waals surface area (Å²) in [7, 11) is 0. The number of hydrogen-bond acceptors (Lipinski definition) is 3. The third-order valence-electron chi connectivity index (χ3n) is 1.78. The normalized spacial score (nSPS) is 13.2. The van der Waals surface area contributed by atoms with Crippen LogP contribution in [0.2, 0.25) is 0 Å². The predicted octanol–water partition coefficient (Wildman–Crippen LogP) is 0.373. The number of nitrogens with zero attached hydrogens (tertiary/aromatic N) is 2. The average molecular weight is 183 g/mol. The van der Waals surface area contributed by atoms with Gasteiger partial charge in [0.15, 0.2) is 0 Å². The van der Waals surface area contributed by atoms with Crippen molar-refractivity contribution in [1.29, 1.82) is 0 Å². The number of aliphatic hydroxyl groups is 1. The van der Waals surface area contributed by atoms with Crippen LogP contribution in [0.4, 0.5) is 0 Å². The average Bonchev–Trinajstić information content (AvgIpc) is 2.52. The Morgan fingerprint density at radius 2 is 2.46 bits per heavy atom. The molecular formula is C9H17N3O. The molecule has 1 unspecified atom stereocenters. The van der Waals surface area contributed by atoms with Crippen molar-refractivity contribution in [2.75, 3.05) is 6.54 Å². The lowest BCUT2D eigenvalue weighted by Crippen LogP contribution is -2.23. The quantitative estimate of drug-likeness (QED) is 0.693. The highest BCUT2D eigenvalue weighted by molar-refractivity contribution is 5.03. The second-order valence-corrected chi connectivity index (χ2v) is 3.18. The van der Waals surface area contributed by atoms with E-state index in [4.69, 9.17) is 5.11 Å². The lowest BCUT2D eigenvalue weighted by atomic mass is 10.3. The maximum absolute atomic E-state index is 9.00. The monoisotopic (exact) mass is 183 g/mol. The highest BCUT2D eigenvalue weighted by Gasteiger charge is 1.98. The summed E-state index contributed by atoms with van der Waals surface area (Å²) in [6.07, 6.45) is 3.56. The van der Waals surface area contributed by atoms with Crippen molar-refractivity contribution in [2.45, 2.75) is 33.0 Å². The molecule has 0 saturated heterocycles. The third-order valence-corrected chi connectivity index (χ3v) is 1.78. The van der Waals surface area contributed by atoms with Gasteiger partial charge in [-0.15, -0.1) is 0 Å². The van der Waals surface area contributed by atoms with Gasteiger partial charge in [0.1, 0.15) is 0 Å². The Hall–Kier alpha value is -0.870. The van der Waals surface area contributed by atoms with Gasteiger partial charge in [0.05, 0.1) is 12.3 Å². The van der Waals surface area contributed by atoms with Crippen LogP contribution < -0.4 is 5.32 Å². The Balaban J connectivity index is 2.28. The molecule has 0 spiro atoms. The first kappa shape index (κ1) is 10.2. The molecule has 4 heteroatoms. The van der Waals surface area contributed by atoms with Crippen molar-refractivity contribution in [3.8, 4) is 0 Å². The molecule has 0 bridgehead atoms. The molecule has 0 aromatic carbocycles. The van der Waals surface area contributed by atoms with Crippen LogP contribution in [0.5, 0.6) is 0 Å². The molecule has 0 aliphatic carbocycles. The molecule has 1 heterocycles. The van der Waals surface area contributed by atoms with E-state index in [2.05, 4.69) is 17.3 Å². The van der Waals surface area contributed by atoms with Gasteiger partial charge in [-0.05, 0) is 13.8 Å². The van der Waals surface area contributed by atoms with Gasteiger partial charge >= 0.3 is 0 Å². The number of hydrogen-bond donors (Lipinski definition) is 2. The van der Waals surface area contributed by atoms with Crippen LogP contribution in [0, 0.1) is 0 Å². The topological polar surface area (TPSA) is 50.1 Å². The fraction of sp³-hybridized carbons (Fsp3) is 0.667. The molecule has 0 amide bonds. The fourth-order valence-corrected chi connectivity index (χ4v) is 1.10. The molecule has 0 fully saturated rings. The zero-order chi connectivity index (χ0) is 9.68. The standard InChI is InChI=1S/C9H17N3O/c1-3-12-7-9(6-11-12)5-10-4-8(2)13/h6-8,10,13H,3-5H2,1-2H3. The molecule has 4 nitrogen and oxygen atoms in total. The summed E-state index contributed by atoms with van der Waals surface area (Å²) >= 11 is 0. The maximum Gasteiger partial charge on any atom is 0.0636 e. The van der Waals surface area contributed by atoms with Crippen molar-refractivity contribution in [3.63, 3.8) is 0 Å². The molecule has 0 aliphatic heterocycles. The second kappa shape index (κ2) is 4.99. The van der Waals surface area contributed by atoms with Gasteiger partial charge in [0.25, 0.3) is 0 Å². The van der Waals surface area contributed by atoms with E-state index in [0.29, 0.717) is 6.54 Å². The summed E-state index contributed by atoms with van der Waals surface area (Å²) in [6.45, 7) is 6.11. The molecule has 0 aliphatic rings. The van der Waals surface area contributed by atoms with Gasteiger partial charge in [0.2, 0.25) is 0 Å². The minimum atomic E-state index is -0.291. The van der Waals surface area contributed by atoms with Gasteiger partial charge < -0.3 is 10.4 Å². The van der Waals surface area contributed by atoms with Gasteiger partial charge in [-0.1, -0.05) is 0 Å². The SMILES string of the molecule is CCn1cc(CNCC(C)O)cn1. The first-order valence-electron chi connectivity index (χ1n) is 4.62. The van der Waals surface area contributed by atoms with Crippen LogP contribution in [0.3, 0.4) is 0 Å². The van der Waals surface area contributed by atoms with Gasteiger partial charge in [0, 0.05) is 31.4 Å². The Morgan fingerprint density at radius 3 is 3.00 bits per heavy atom. The largest absolute Gasteiger partial charge is 0.392 e. The molecular weight excluding hydrogens is 166 g/mol. The smallest absolute Gasteiger partial charge is 0.0636 e. The summed E-state index contributed by atoms with van der Waals surface area (Å²) in [5.41, 5.74) is 1.16. The molecule has 13 heavy (non-hydrogen) atoms. The summed E-state index contributed by atoms with van der Waals surface area (Å²) in [4.78, 5) is 0. The van der Waals surface area contributed by atoms with Crippen molar-refractivity contribution in [3.05, 3.63) is 18.0 Å². The van der Waals surface area contributed by atoms with E-state index in [1.165, 1.54) is 0 Å². The molecule has 74 valence electrons. The predicted molar refractivity (Wildman–Crippen MR) is 51.3 cm³/mol. The van der Waals surface area contributed by atoms with E-state index in [1.54, 1.807) is 6.92 Å². The summed E-state index contributed by atoms with van der Waals surface area (Å²) in [5.74, 6) is 0. The highest BCUT2D eigenvalue weighted by atomic mass is 16.3. The van der Waals surface area contributed by atoms with Crippen LogP contribution in [0.25, 0.3) is 0 Å². The van der Waals surface area contributed by atoms with Crippen molar-refractivity contribution in [2.24, 2.45) is 0 Å². The lowest BCUT2D eigenvalue weighted by Gasteiger charge is -2.04. The summed E-state index contributed by atoms with van der Waals surface area (Å²) in [6, 6.07) is 0. The minimum Gasteiger partial charge on any atom is -0.392 e. The molecule has 1 aromatic rings. The van der Waals surface area contributed by atoms with E-state index in [0.717, 1.165) is 18.7 Å². The van der Waals surface area contributed by atoms with Crippen LogP contribution in [0.1, 0.15) is 19.4 Å². The van der Waals surface area contributed by atoms with E-state index >= 15 is 0 Å². The van der Waals surface area contributed by atoms with Crippen molar-refractivity contribution >= 4 is 0 Å². The molecule has 1 atom stereocenters. The van der Waals surface area contributed by atoms with Crippen molar-refractivity contribution in [1.82, 2.24) is 15.1 Å². The molecule has 0 radical (unpaired) electrons. The van der Waals surface area contributed by atoms with Gasteiger partial charge in [-0.3, -0.25) is 4.68 Å². The second-order valence-electron chi connectivity index (χ2n) is 3.18. The molecule has 1 rings (SSSR count). The van der Waals surface area contributed by atoms with Crippen LogP contribution in [0.15, 0.2) is 12.4 Å². The zero-order valence-corrected chi connectivity index (χ0v) is 8.20. The van der Waals surface area contributed by atoms with E-state index in [9.17, 15) is 0 Å². The minimum absolute atomic E-state index is 0.291. The number of aryl methyl sites for hydroxylation is 1. The molecule has 2 N–H and O–H groups in total. The Bertz CT molecular complexity index is 245. The summed E-state index contributed by atoms with van der Waals surface area (Å²) in [5, 5.41) is 16.3. The number of rotatable bonds is 5. The fourth-order valence-electron chi connectivity index (χ4n) is 1.10. The number of aromatic nitrogens is 2. The van der Waals surface area contributed by atoms with E-state index in [-0.39, 0.29) is 6.10 Å². The maximum atomic E-state index is 9.00. The lowest BCUT2D eigenvalue weighted by molar-refractivity contribution is 0.191. The van der Waals surface area contributed by atoms with E-state index in [1.807, 2.05) is 17.1 Å². The summed E-state index contributed by atoms with van der Waals surface area (Å²) < 4.78 is 1.89. The van der Waals surface area contributed by atoms with Crippen LogP contribution in [-0.4, -0.2) is 27.5 Å². The Morgan fingerprint density at radius 1 is 1.69 bits per heavy atom. The number of aliphatic hydroxyl groups excluding tert-OH is 1. The molecule has 1 aromatic heterocycles. The Kier molecular flexibility index (Phi) is 3.92. The van der Waals surface area contributed by atoms with E-state index < -0.39 is 0 Å².